The predicted octanol–water partition coefficient (Wildman–Crippen LogP) is 4.09. The molecular formula is C28H37F2N7O2. The number of anilines is 1. The molecule has 1 aliphatic rings. The number of benzene rings is 1. The third-order valence-electron chi connectivity index (χ3n) is 7.62. The first-order valence-electron chi connectivity index (χ1n) is 13.4. The van der Waals surface area contributed by atoms with Crippen molar-refractivity contribution in [3.05, 3.63) is 65.6 Å². The molecule has 0 aliphatic heterocycles. The van der Waals surface area contributed by atoms with E-state index in [0.29, 0.717) is 48.5 Å². The highest BCUT2D eigenvalue weighted by molar-refractivity contribution is 5.94. The largest absolute Gasteiger partial charge is 0.347 e. The number of H-pyrrole nitrogens is 1. The number of hydrogen-bond acceptors (Lipinski definition) is 5. The maximum Gasteiger partial charge on any atom is 0.248 e. The van der Waals surface area contributed by atoms with Crippen LogP contribution in [-0.2, 0) is 28.0 Å². The molecule has 2 aromatic heterocycles. The minimum absolute atomic E-state index is 0.111. The van der Waals surface area contributed by atoms with E-state index in [4.69, 9.17) is 0 Å². The number of halogens is 2. The summed E-state index contributed by atoms with van der Waals surface area (Å²) in [6.45, 7) is 7.47. The van der Waals surface area contributed by atoms with Crippen molar-refractivity contribution in [3.63, 3.8) is 0 Å². The van der Waals surface area contributed by atoms with Gasteiger partial charge in [-0.3, -0.25) is 9.59 Å². The van der Waals surface area contributed by atoms with Gasteiger partial charge in [-0.25, -0.2) is 18.7 Å². The van der Waals surface area contributed by atoms with Crippen LogP contribution in [0.3, 0.4) is 0 Å². The molecule has 0 saturated carbocycles. The zero-order chi connectivity index (χ0) is 28.3. The first kappa shape index (κ1) is 28.4. The van der Waals surface area contributed by atoms with Crippen molar-refractivity contribution in [2.45, 2.75) is 83.5 Å². The number of fused-ring (bicyclic) bond motifs is 1. The lowest BCUT2D eigenvalue weighted by Gasteiger charge is -2.33. The SMILES string of the molecule is CCCC(NC1CCc2cc(F)cc(F)c2C1)C(=O)Nc1cn(C(C)(C)C(=O)N(C)[C@@H](C)c2ncc[nH]2)cn1. The number of rotatable bonds is 10. The summed E-state index contributed by atoms with van der Waals surface area (Å²) in [5, 5.41) is 6.24. The van der Waals surface area contributed by atoms with E-state index < -0.39 is 23.2 Å². The molecule has 3 N–H and O–H groups in total. The van der Waals surface area contributed by atoms with Crippen molar-refractivity contribution in [1.82, 2.24) is 29.7 Å². The second-order valence-corrected chi connectivity index (χ2v) is 10.8. The second-order valence-electron chi connectivity index (χ2n) is 10.8. The molecule has 0 bridgehead atoms. The van der Waals surface area contributed by atoms with E-state index in [9.17, 15) is 18.4 Å². The Morgan fingerprint density at radius 3 is 2.74 bits per heavy atom. The number of hydrogen-bond donors (Lipinski definition) is 3. The number of aromatic nitrogens is 4. The highest BCUT2D eigenvalue weighted by Gasteiger charge is 2.35. The summed E-state index contributed by atoms with van der Waals surface area (Å²) in [6, 6.07) is 1.43. The molecule has 3 atom stereocenters. The van der Waals surface area contributed by atoms with Crippen molar-refractivity contribution >= 4 is 17.6 Å². The highest BCUT2D eigenvalue weighted by atomic mass is 19.1. The molecular weight excluding hydrogens is 504 g/mol. The maximum absolute atomic E-state index is 14.4. The number of carbonyl (C=O) groups excluding carboxylic acids is 2. The summed E-state index contributed by atoms with van der Waals surface area (Å²) in [5.41, 5.74) is 0.229. The van der Waals surface area contributed by atoms with Crippen LogP contribution in [-0.4, -0.2) is 55.4 Å². The van der Waals surface area contributed by atoms with Crippen molar-refractivity contribution in [2.75, 3.05) is 12.4 Å². The summed E-state index contributed by atoms with van der Waals surface area (Å²) >= 11 is 0. The van der Waals surface area contributed by atoms with Crippen LogP contribution >= 0.6 is 0 Å². The van der Waals surface area contributed by atoms with Gasteiger partial charge in [0.1, 0.15) is 23.0 Å². The molecule has 2 amide bonds. The molecule has 2 unspecified atom stereocenters. The van der Waals surface area contributed by atoms with Crippen LogP contribution in [0.4, 0.5) is 14.6 Å². The molecule has 0 radical (unpaired) electrons. The van der Waals surface area contributed by atoms with E-state index >= 15 is 0 Å². The summed E-state index contributed by atoms with van der Waals surface area (Å²) in [6.07, 6.45) is 9.50. The van der Waals surface area contributed by atoms with E-state index in [1.165, 1.54) is 12.4 Å². The molecule has 4 rings (SSSR count). The van der Waals surface area contributed by atoms with E-state index in [-0.39, 0.29) is 23.9 Å². The van der Waals surface area contributed by atoms with Gasteiger partial charge in [0.05, 0.1) is 18.4 Å². The molecule has 1 aromatic carbocycles. The number of carbonyl (C=O) groups is 2. The third kappa shape index (κ3) is 6.19. The van der Waals surface area contributed by atoms with Crippen LogP contribution < -0.4 is 10.6 Å². The molecule has 11 heteroatoms. The first-order chi connectivity index (χ1) is 18.5. The van der Waals surface area contributed by atoms with Gasteiger partial charge in [0.2, 0.25) is 11.8 Å². The summed E-state index contributed by atoms with van der Waals surface area (Å²) in [5.74, 6) is -0.479. The zero-order valence-electron chi connectivity index (χ0n) is 23.1. The number of likely N-dealkylation sites (N-methyl/N-ethyl adjacent to an activating group) is 1. The van der Waals surface area contributed by atoms with Crippen LogP contribution in [0, 0.1) is 11.6 Å². The topological polar surface area (TPSA) is 108 Å². The standard InChI is InChI=1S/C28H37F2N7O2/c1-6-7-23(34-20-9-8-18-12-19(29)13-22(30)21(18)14-20)26(38)35-24-15-37(16-33-24)28(3,4)27(39)36(5)17(2)25-31-10-11-32-25/h10-13,15-17,20,23,34H,6-9,14H2,1-5H3,(H,31,32)(H,35,38)/t17-,20?,23?/m0/s1. The van der Waals surface area contributed by atoms with Crippen LogP contribution in [0.1, 0.15) is 70.0 Å². The van der Waals surface area contributed by atoms with Gasteiger partial charge in [-0.1, -0.05) is 13.3 Å². The Morgan fingerprint density at radius 2 is 2.05 bits per heavy atom. The van der Waals surface area contributed by atoms with Gasteiger partial charge in [0.25, 0.3) is 0 Å². The van der Waals surface area contributed by atoms with Gasteiger partial charge < -0.3 is 25.1 Å². The van der Waals surface area contributed by atoms with E-state index in [2.05, 4.69) is 25.6 Å². The van der Waals surface area contributed by atoms with Gasteiger partial charge in [-0.2, -0.15) is 0 Å². The molecule has 39 heavy (non-hydrogen) atoms. The number of imidazole rings is 2. The number of nitrogens with zero attached hydrogens (tertiary/aromatic N) is 4. The van der Waals surface area contributed by atoms with Crippen LogP contribution in [0.25, 0.3) is 0 Å². The minimum atomic E-state index is -0.967. The summed E-state index contributed by atoms with van der Waals surface area (Å²) < 4.78 is 29.6. The summed E-state index contributed by atoms with van der Waals surface area (Å²) in [7, 11) is 1.73. The smallest absolute Gasteiger partial charge is 0.248 e. The van der Waals surface area contributed by atoms with Gasteiger partial charge >= 0.3 is 0 Å². The molecule has 0 saturated heterocycles. The number of aromatic amines is 1. The van der Waals surface area contributed by atoms with E-state index in [0.717, 1.165) is 12.5 Å². The van der Waals surface area contributed by atoms with Crippen LogP contribution in [0.15, 0.2) is 37.1 Å². The molecule has 0 spiro atoms. The molecule has 0 fully saturated rings. The second kappa shape index (κ2) is 11.6. The summed E-state index contributed by atoms with van der Waals surface area (Å²) in [4.78, 5) is 39.8. The third-order valence-corrected chi connectivity index (χ3v) is 7.62. The molecule has 3 aromatic rings. The van der Waals surface area contributed by atoms with E-state index in [1.807, 2.05) is 13.8 Å². The Morgan fingerprint density at radius 1 is 1.28 bits per heavy atom. The molecule has 1 aliphatic carbocycles. The van der Waals surface area contributed by atoms with Crippen LogP contribution in [0.5, 0.6) is 0 Å². The Bertz CT molecular complexity index is 1310. The zero-order valence-corrected chi connectivity index (χ0v) is 23.1. The fraction of sp³-hybridized carbons (Fsp3) is 0.500. The quantitative estimate of drug-likeness (QED) is 0.358. The maximum atomic E-state index is 14.4. The Labute approximate surface area is 227 Å². The van der Waals surface area contributed by atoms with Gasteiger partial charge in [0.15, 0.2) is 5.82 Å². The molecule has 9 nitrogen and oxygen atoms in total. The van der Waals surface area contributed by atoms with Crippen molar-refractivity contribution < 1.29 is 18.4 Å². The average molecular weight is 542 g/mol. The van der Waals surface area contributed by atoms with Crippen LogP contribution in [0.2, 0.25) is 0 Å². The number of aryl methyl sites for hydroxylation is 1. The van der Waals surface area contributed by atoms with Crippen molar-refractivity contribution in [1.29, 1.82) is 0 Å². The van der Waals surface area contributed by atoms with E-state index in [1.54, 1.807) is 49.0 Å². The fourth-order valence-electron chi connectivity index (χ4n) is 5.11. The first-order valence-corrected chi connectivity index (χ1v) is 13.4. The normalized spacial score (nSPS) is 16.8. The number of amides is 2. The minimum Gasteiger partial charge on any atom is -0.347 e. The van der Waals surface area contributed by atoms with Gasteiger partial charge in [0, 0.05) is 37.7 Å². The lowest BCUT2D eigenvalue weighted by Crippen LogP contribution is -2.48. The Kier molecular flexibility index (Phi) is 8.48. The molecule has 210 valence electrons. The lowest BCUT2D eigenvalue weighted by atomic mass is 9.87. The Hall–Kier alpha value is -3.60. The Balaban J connectivity index is 1.41. The molecule has 2 heterocycles. The number of nitrogens with one attached hydrogen (secondary N) is 3. The van der Waals surface area contributed by atoms with Gasteiger partial charge in [-0.05, 0) is 63.6 Å². The van der Waals surface area contributed by atoms with Gasteiger partial charge in [-0.15, -0.1) is 0 Å². The average Bonchev–Trinajstić information content (AvgIpc) is 3.60. The van der Waals surface area contributed by atoms with Crippen molar-refractivity contribution in [2.24, 2.45) is 0 Å². The predicted molar refractivity (Wildman–Crippen MR) is 144 cm³/mol. The van der Waals surface area contributed by atoms with Crippen molar-refractivity contribution in [3.8, 4) is 0 Å². The fourth-order valence-corrected chi connectivity index (χ4v) is 5.11. The monoisotopic (exact) mass is 541 g/mol. The lowest BCUT2D eigenvalue weighted by molar-refractivity contribution is -0.140. The highest BCUT2D eigenvalue weighted by Crippen LogP contribution is 2.27.